The average molecular weight is 903 g/mol. The van der Waals surface area contributed by atoms with E-state index in [4.69, 9.17) is 0 Å². The standard InChI is InChI=1S/C59H115NO4/c1-3-5-7-9-11-13-15-17-19-21-23-25-27-28-29-30-32-34-36-38-40-42-44-46-48-50-52-54-58(63)59(64)60-56(55-61)57(62)53-51-49-47-45-43-41-39-37-35-33-31-26-24-22-20-18-16-14-12-10-8-6-4-2/h43,45,51,53,56-58,61-63H,3-42,44,46-50,52,54-55H2,1-2H3,(H,60,64)/b45-43+,53-51+. The minimum Gasteiger partial charge on any atom is -0.394 e. The molecule has 0 spiro atoms. The second-order valence-corrected chi connectivity index (χ2v) is 20.2. The van der Waals surface area contributed by atoms with Gasteiger partial charge in [-0.2, -0.15) is 0 Å². The number of carbonyl (C=O) groups is 1. The van der Waals surface area contributed by atoms with E-state index >= 15 is 0 Å². The van der Waals surface area contributed by atoms with Crippen LogP contribution in [0.25, 0.3) is 0 Å². The van der Waals surface area contributed by atoms with Crippen LogP contribution in [0.2, 0.25) is 0 Å². The van der Waals surface area contributed by atoms with Crippen LogP contribution in [0.4, 0.5) is 0 Å². The summed E-state index contributed by atoms with van der Waals surface area (Å²) in [5, 5.41) is 33.4. The lowest BCUT2D eigenvalue weighted by atomic mass is 10.0. The van der Waals surface area contributed by atoms with Crippen molar-refractivity contribution in [2.24, 2.45) is 0 Å². The molecule has 5 heteroatoms. The van der Waals surface area contributed by atoms with Crippen LogP contribution in [0.15, 0.2) is 24.3 Å². The summed E-state index contributed by atoms with van der Waals surface area (Å²) in [6.07, 6.45) is 69.8. The van der Waals surface area contributed by atoms with Gasteiger partial charge in [0, 0.05) is 0 Å². The minimum absolute atomic E-state index is 0.372. The molecule has 0 aliphatic carbocycles. The Kier molecular flexibility index (Phi) is 53.4. The molecule has 0 radical (unpaired) electrons. The number of carbonyl (C=O) groups excluding carboxylic acids is 1. The van der Waals surface area contributed by atoms with Crippen molar-refractivity contribution >= 4 is 5.91 Å². The highest BCUT2D eigenvalue weighted by Gasteiger charge is 2.22. The zero-order valence-corrected chi connectivity index (χ0v) is 43.4. The molecule has 4 N–H and O–H groups in total. The molecule has 0 aliphatic heterocycles. The van der Waals surface area contributed by atoms with Gasteiger partial charge < -0.3 is 20.6 Å². The molecule has 64 heavy (non-hydrogen) atoms. The van der Waals surface area contributed by atoms with Crippen LogP contribution in [0, 0.1) is 0 Å². The van der Waals surface area contributed by atoms with Crippen molar-refractivity contribution in [3.63, 3.8) is 0 Å². The Balaban J connectivity index is 3.56. The van der Waals surface area contributed by atoms with Gasteiger partial charge in [0.25, 0.3) is 0 Å². The van der Waals surface area contributed by atoms with E-state index in [-0.39, 0.29) is 6.61 Å². The second kappa shape index (κ2) is 54.4. The summed E-state index contributed by atoms with van der Waals surface area (Å²) in [5.74, 6) is -0.506. The quantitative estimate of drug-likeness (QED) is 0.0362. The van der Waals surface area contributed by atoms with E-state index in [0.29, 0.717) is 6.42 Å². The van der Waals surface area contributed by atoms with Crippen molar-refractivity contribution in [2.75, 3.05) is 6.61 Å². The highest BCUT2D eigenvalue weighted by Crippen LogP contribution is 2.18. The molecule has 1 amide bonds. The number of hydrogen-bond donors (Lipinski definition) is 4. The maximum absolute atomic E-state index is 12.6. The van der Waals surface area contributed by atoms with Crippen molar-refractivity contribution in [3.8, 4) is 0 Å². The fourth-order valence-corrected chi connectivity index (χ4v) is 9.26. The van der Waals surface area contributed by atoms with Gasteiger partial charge in [-0.3, -0.25) is 4.79 Å². The molecule has 0 aliphatic rings. The molecular formula is C59H115NO4. The number of aliphatic hydroxyl groups is 3. The first kappa shape index (κ1) is 62.8. The summed E-state index contributed by atoms with van der Waals surface area (Å²) >= 11 is 0. The molecule has 0 fully saturated rings. The molecule has 3 unspecified atom stereocenters. The normalized spacial score (nSPS) is 13.4. The SMILES string of the molecule is CCCCCCCCCCCCCCCCCCC/C=C/CC/C=C/C(O)C(CO)NC(=O)C(O)CCCCCCCCCCCCCCCCCCCCCCCCCCCCC. The number of unbranched alkanes of at least 4 members (excludes halogenated alkanes) is 44. The summed E-state index contributed by atoms with van der Waals surface area (Å²) < 4.78 is 0. The molecule has 0 heterocycles. The fraction of sp³-hybridized carbons (Fsp3) is 0.915. The minimum atomic E-state index is -1.10. The number of amides is 1. The van der Waals surface area contributed by atoms with Gasteiger partial charge in [-0.15, -0.1) is 0 Å². The van der Waals surface area contributed by atoms with Gasteiger partial charge in [0.2, 0.25) is 5.91 Å². The first-order valence-electron chi connectivity index (χ1n) is 29.2. The Hall–Kier alpha value is -1.17. The molecule has 0 saturated carbocycles. The molecule has 0 bridgehead atoms. The maximum Gasteiger partial charge on any atom is 0.249 e. The Labute approximate surface area is 401 Å². The number of allylic oxidation sites excluding steroid dienone is 3. The van der Waals surface area contributed by atoms with E-state index in [9.17, 15) is 20.1 Å². The first-order chi connectivity index (χ1) is 31.6. The molecule has 380 valence electrons. The summed E-state index contributed by atoms with van der Waals surface area (Å²) in [6, 6.07) is -0.813. The molecule has 0 rings (SSSR count). The Bertz CT molecular complexity index is 951. The van der Waals surface area contributed by atoms with Gasteiger partial charge in [0.05, 0.1) is 18.8 Å². The lowest BCUT2D eigenvalue weighted by Crippen LogP contribution is -2.48. The largest absolute Gasteiger partial charge is 0.394 e. The van der Waals surface area contributed by atoms with E-state index in [1.54, 1.807) is 6.08 Å². The van der Waals surface area contributed by atoms with Crippen LogP contribution in [-0.4, -0.2) is 46.1 Å². The molecule has 0 aromatic rings. The Morgan fingerprint density at radius 2 is 0.641 bits per heavy atom. The highest BCUT2D eigenvalue weighted by molar-refractivity contribution is 5.80. The monoisotopic (exact) mass is 902 g/mol. The third kappa shape index (κ3) is 48.8. The summed E-state index contributed by atoms with van der Waals surface area (Å²) in [6.45, 7) is 4.21. The molecule has 0 saturated heterocycles. The molecular weight excluding hydrogens is 787 g/mol. The highest BCUT2D eigenvalue weighted by atomic mass is 16.3. The van der Waals surface area contributed by atoms with Crippen LogP contribution in [0.3, 0.4) is 0 Å². The van der Waals surface area contributed by atoms with Crippen LogP contribution in [0.1, 0.15) is 322 Å². The van der Waals surface area contributed by atoms with Crippen LogP contribution in [-0.2, 0) is 4.79 Å². The van der Waals surface area contributed by atoms with E-state index < -0.39 is 24.2 Å². The van der Waals surface area contributed by atoms with Crippen molar-refractivity contribution in [1.29, 1.82) is 0 Å². The number of hydrogen-bond acceptors (Lipinski definition) is 4. The van der Waals surface area contributed by atoms with Gasteiger partial charge in [-0.1, -0.05) is 314 Å². The van der Waals surface area contributed by atoms with E-state index in [2.05, 4.69) is 31.3 Å². The predicted octanol–water partition coefficient (Wildman–Crippen LogP) is 18.1. The number of nitrogens with one attached hydrogen (secondary N) is 1. The zero-order valence-electron chi connectivity index (χ0n) is 43.4. The van der Waals surface area contributed by atoms with E-state index in [1.165, 1.54) is 263 Å². The van der Waals surface area contributed by atoms with Gasteiger partial charge >= 0.3 is 0 Å². The predicted molar refractivity (Wildman–Crippen MR) is 282 cm³/mol. The lowest BCUT2D eigenvalue weighted by molar-refractivity contribution is -0.131. The van der Waals surface area contributed by atoms with Gasteiger partial charge in [0.1, 0.15) is 6.10 Å². The van der Waals surface area contributed by atoms with E-state index in [1.807, 2.05) is 6.08 Å². The van der Waals surface area contributed by atoms with Gasteiger partial charge in [-0.05, 0) is 32.1 Å². The molecule has 3 atom stereocenters. The Morgan fingerprint density at radius 3 is 0.953 bits per heavy atom. The van der Waals surface area contributed by atoms with Crippen molar-refractivity contribution in [3.05, 3.63) is 24.3 Å². The van der Waals surface area contributed by atoms with Crippen molar-refractivity contribution in [1.82, 2.24) is 5.32 Å². The molecule has 0 aromatic carbocycles. The topological polar surface area (TPSA) is 89.8 Å². The third-order valence-electron chi connectivity index (χ3n) is 13.8. The third-order valence-corrected chi connectivity index (χ3v) is 13.8. The zero-order chi connectivity index (χ0) is 46.5. The summed E-state index contributed by atoms with van der Waals surface area (Å²) in [4.78, 5) is 12.6. The smallest absolute Gasteiger partial charge is 0.249 e. The fourth-order valence-electron chi connectivity index (χ4n) is 9.26. The summed E-state index contributed by atoms with van der Waals surface area (Å²) in [5.41, 5.74) is 0. The van der Waals surface area contributed by atoms with Crippen molar-refractivity contribution in [2.45, 2.75) is 340 Å². The molecule has 0 aromatic heterocycles. The van der Waals surface area contributed by atoms with Crippen molar-refractivity contribution < 1.29 is 20.1 Å². The Morgan fingerprint density at radius 1 is 0.375 bits per heavy atom. The van der Waals surface area contributed by atoms with Crippen LogP contribution < -0.4 is 5.32 Å². The van der Waals surface area contributed by atoms with Crippen LogP contribution >= 0.6 is 0 Å². The number of aliphatic hydroxyl groups excluding tert-OH is 3. The van der Waals surface area contributed by atoms with E-state index in [0.717, 1.165) is 38.5 Å². The maximum atomic E-state index is 12.6. The summed E-state index contributed by atoms with van der Waals surface area (Å²) in [7, 11) is 0. The van der Waals surface area contributed by atoms with Crippen LogP contribution in [0.5, 0.6) is 0 Å². The molecule has 5 nitrogen and oxygen atoms in total. The van der Waals surface area contributed by atoms with Gasteiger partial charge in [-0.25, -0.2) is 0 Å². The van der Waals surface area contributed by atoms with Gasteiger partial charge in [0.15, 0.2) is 0 Å². The average Bonchev–Trinajstić information content (AvgIpc) is 3.30. The number of rotatable bonds is 54. The second-order valence-electron chi connectivity index (χ2n) is 20.2. The lowest BCUT2D eigenvalue weighted by Gasteiger charge is -2.21. The first-order valence-corrected chi connectivity index (χ1v) is 29.2.